The lowest BCUT2D eigenvalue weighted by Gasteiger charge is -2.30. The summed E-state index contributed by atoms with van der Waals surface area (Å²) in [4.78, 5) is 11.9. The van der Waals surface area contributed by atoms with Gasteiger partial charge in [-0.3, -0.25) is 4.79 Å². The van der Waals surface area contributed by atoms with E-state index in [1.165, 1.54) is 32.1 Å². The molecule has 3 nitrogen and oxygen atoms in total. The highest BCUT2D eigenvalue weighted by Gasteiger charge is 2.27. The molecule has 0 aliphatic carbocycles. The predicted octanol–water partition coefficient (Wildman–Crippen LogP) is 4.58. The summed E-state index contributed by atoms with van der Waals surface area (Å²) in [5.74, 6) is -0.0788. The number of hydrogen-bond donors (Lipinski definition) is 1. The summed E-state index contributed by atoms with van der Waals surface area (Å²) in [5, 5.41) is 0. The van der Waals surface area contributed by atoms with Crippen molar-refractivity contribution in [1.29, 1.82) is 0 Å². The van der Waals surface area contributed by atoms with Gasteiger partial charge in [-0.2, -0.15) is 0 Å². The minimum absolute atomic E-state index is 0.0788. The van der Waals surface area contributed by atoms with Crippen molar-refractivity contribution < 1.29 is 9.53 Å². The molecule has 0 radical (unpaired) electrons. The first-order valence-corrected chi connectivity index (χ1v) is 8.50. The van der Waals surface area contributed by atoms with E-state index in [1.807, 2.05) is 0 Å². The molecule has 0 rings (SSSR count). The van der Waals surface area contributed by atoms with Gasteiger partial charge in [-0.05, 0) is 45.6 Å². The van der Waals surface area contributed by atoms with Crippen LogP contribution in [0.5, 0.6) is 0 Å². The van der Waals surface area contributed by atoms with E-state index in [-0.39, 0.29) is 11.6 Å². The van der Waals surface area contributed by atoms with Gasteiger partial charge in [0.2, 0.25) is 0 Å². The number of rotatable bonds is 13. The van der Waals surface area contributed by atoms with E-state index < -0.39 is 0 Å². The molecule has 0 heterocycles. The van der Waals surface area contributed by atoms with Crippen LogP contribution in [0.25, 0.3) is 0 Å². The summed E-state index contributed by atoms with van der Waals surface area (Å²) in [5.41, 5.74) is 5.18. The van der Waals surface area contributed by atoms with Gasteiger partial charge in [0.1, 0.15) is 5.60 Å². The lowest BCUT2D eigenvalue weighted by Crippen LogP contribution is -2.32. The van der Waals surface area contributed by atoms with Gasteiger partial charge in [-0.1, -0.05) is 46.0 Å². The Morgan fingerprint density at radius 3 is 2.05 bits per heavy atom. The molecule has 0 aromatic rings. The Morgan fingerprint density at radius 2 is 1.50 bits per heavy atom. The minimum atomic E-state index is -0.269. The van der Waals surface area contributed by atoms with Gasteiger partial charge >= 0.3 is 5.97 Å². The predicted molar refractivity (Wildman–Crippen MR) is 85.7 cm³/mol. The molecule has 1 atom stereocenters. The molecule has 0 aliphatic rings. The molecule has 0 aromatic heterocycles. The molecule has 0 amide bonds. The Kier molecular flexibility index (Phi) is 11.8. The molecule has 0 bridgehead atoms. The number of hydrogen-bond acceptors (Lipinski definition) is 3. The molecule has 2 N–H and O–H groups in total. The second kappa shape index (κ2) is 12.2. The summed E-state index contributed by atoms with van der Waals surface area (Å²) in [7, 11) is 0. The third-order valence-corrected chi connectivity index (χ3v) is 3.81. The van der Waals surface area contributed by atoms with E-state index in [2.05, 4.69) is 20.8 Å². The maximum atomic E-state index is 11.9. The van der Waals surface area contributed by atoms with Gasteiger partial charge in [0, 0.05) is 6.42 Å². The average molecular weight is 285 g/mol. The van der Waals surface area contributed by atoms with Crippen LogP contribution in [0.3, 0.4) is 0 Å². The van der Waals surface area contributed by atoms with Crippen molar-refractivity contribution in [3.63, 3.8) is 0 Å². The highest BCUT2D eigenvalue weighted by molar-refractivity contribution is 5.69. The number of unbranched alkanes of at least 4 members (excludes halogenated alkanes) is 5. The largest absolute Gasteiger partial charge is 0.459 e. The lowest BCUT2D eigenvalue weighted by atomic mass is 9.91. The molecule has 120 valence electrons. The van der Waals surface area contributed by atoms with Gasteiger partial charge in [0.05, 0.1) is 0 Å². The first-order valence-electron chi connectivity index (χ1n) is 8.50. The van der Waals surface area contributed by atoms with Crippen LogP contribution in [0.4, 0.5) is 0 Å². The van der Waals surface area contributed by atoms with E-state index in [9.17, 15) is 4.79 Å². The van der Waals surface area contributed by atoms with Crippen molar-refractivity contribution >= 4 is 5.97 Å². The molecular weight excluding hydrogens is 250 g/mol. The summed E-state index contributed by atoms with van der Waals surface area (Å²) in [6.07, 6.45) is 11.6. The fourth-order valence-corrected chi connectivity index (χ4v) is 2.47. The van der Waals surface area contributed by atoms with Crippen molar-refractivity contribution in [2.45, 2.75) is 97.0 Å². The second-order valence-corrected chi connectivity index (χ2v) is 6.08. The number of esters is 1. The third kappa shape index (κ3) is 10.2. The first-order chi connectivity index (χ1) is 9.58. The monoisotopic (exact) mass is 285 g/mol. The summed E-state index contributed by atoms with van der Waals surface area (Å²) in [6.45, 7) is 7.08. The number of ether oxygens (including phenoxy) is 1. The highest BCUT2D eigenvalue weighted by atomic mass is 16.6. The second-order valence-electron chi connectivity index (χ2n) is 6.08. The molecule has 3 heteroatoms. The van der Waals surface area contributed by atoms with Crippen molar-refractivity contribution in [3.8, 4) is 0 Å². The van der Waals surface area contributed by atoms with Crippen molar-refractivity contribution in [2.24, 2.45) is 5.73 Å². The van der Waals surface area contributed by atoms with Crippen LogP contribution in [-0.2, 0) is 9.53 Å². The molecule has 0 saturated carbocycles. The molecule has 0 spiro atoms. The molecule has 0 saturated heterocycles. The first kappa shape index (κ1) is 19.4. The maximum absolute atomic E-state index is 11.9. The highest BCUT2D eigenvalue weighted by Crippen LogP contribution is 2.27. The fraction of sp³-hybridized carbons (Fsp3) is 0.941. The number of nitrogens with two attached hydrogens (primary N) is 1. The van der Waals surface area contributed by atoms with Crippen molar-refractivity contribution in [3.05, 3.63) is 0 Å². The van der Waals surface area contributed by atoms with Gasteiger partial charge < -0.3 is 10.5 Å². The van der Waals surface area contributed by atoms with Gasteiger partial charge in [0.25, 0.3) is 0 Å². The molecular formula is C17H35NO2. The van der Waals surface area contributed by atoms with E-state index in [4.69, 9.17) is 10.5 Å². The van der Waals surface area contributed by atoms with Gasteiger partial charge in [-0.15, -0.1) is 0 Å². The van der Waals surface area contributed by atoms with E-state index >= 15 is 0 Å². The molecule has 0 aromatic carbocycles. The van der Waals surface area contributed by atoms with Gasteiger partial charge in [0.15, 0.2) is 0 Å². The normalized spacial score (nSPS) is 14.0. The molecule has 20 heavy (non-hydrogen) atoms. The Hall–Kier alpha value is -0.570. The molecule has 1 unspecified atom stereocenters. The zero-order valence-electron chi connectivity index (χ0n) is 13.9. The van der Waals surface area contributed by atoms with Crippen LogP contribution >= 0.6 is 0 Å². The minimum Gasteiger partial charge on any atom is -0.459 e. The Morgan fingerprint density at radius 1 is 0.950 bits per heavy atom. The average Bonchev–Trinajstić information content (AvgIpc) is 2.42. The lowest BCUT2D eigenvalue weighted by molar-refractivity contribution is -0.160. The maximum Gasteiger partial charge on any atom is 0.306 e. The van der Waals surface area contributed by atoms with Crippen LogP contribution in [0.15, 0.2) is 0 Å². The zero-order chi connectivity index (χ0) is 15.3. The Balaban J connectivity index is 4.24. The summed E-state index contributed by atoms with van der Waals surface area (Å²) in [6, 6.07) is 0. The van der Waals surface area contributed by atoms with E-state index in [0.717, 1.165) is 32.1 Å². The SMILES string of the molecule is CCCCCCC(C)(CCCCC)OC(=O)CCCN. The molecule has 0 fully saturated rings. The Bertz CT molecular complexity index is 243. The standard InChI is InChI=1S/C17H35NO2/c1-4-6-8-10-14-17(3,13-9-7-5-2)20-16(19)12-11-15-18/h4-15,18H2,1-3H3. The van der Waals surface area contributed by atoms with Crippen LogP contribution in [0.2, 0.25) is 0 Å². The summed E-state index contributed by atoms with van der Waals surface area (Å²) < 4.78 is 5.77. The quantitative estimate of drug-likeness (QED) is 0.398. The Labute approximate surface area is 125 Å². The van der Waals surface area contributed by atoms with Crippen LogP contribution in [-0.4, -0.2) is 18.1 Å². The van der Waals surface area contributed by atoms with Crippen molar-refractivity contribution in [2.75, 3.05) is 6.54 Å². The van der Waals surface area contributed by atoms with Gasteiger partial charge in [-0.25, -0.2) is 0 Å². The number of carbonyl (C=O) groups excluding carboxylic acids is 1. The summed E-state index contributed by atoms with van der Waals surface area (Å²) >= 11 is 0. The van der Waals surface area contributed by atoms with Crippen LogP contribution < -0.4 is 5.73 Å². The van der Waals surface area contributed by atoms with Crippen molar-refractivity contribution in [1.82, 2.24) is 0 Å². The van der Waals surface area contributed by atoms with Crippen LogP contribution in [0.1, 0.15) is 91.4 Å². The van der Waals surface area contributed by atoms with Crippen LogP contribution in [0, 0.1) is 0 Å². The number of carbonyl (C=O) groups is 1. The fourth-order valence-electron chi connectivity index (χ4n) is 2.47. The van der Waals surface area contributed by atoms with E-state index in [0.29, 0.717) is 13.0 Å². The topological polar surface area (TPSA) is 52.3 Å². The third-order valence-electron chi connectivity index (χ3n) is 3.81. The smallest absolute Gasteiger partial charge is 0.306 e. The van der Waals surface area contributed by atoms with E-state index in [1.54, 1.807) is 0 Å². The molecule has 0 aliphatic heterocycles. The zero-order valence-corrected chi connectivity index (χ0v) is 13.9.